The van der Waals surface area contributed by atoms with Gasteiger partial charge in [0.1, 0.15) is 5.69 Å². The van der Waals surface area contributed by atoms with Gasteiger partial charge in [-0.1, -0.05) is 60.7 Å². The van der Waals surface area contributed by atoms with E-state index in [1.54, 1.807) is 16.4 Å². The number of nitriles is 1. The minimum absolute atomic E-state index is 0.180. The number of aldehydes is 1. The predicted molar refractivity (Wildman–Crippen MR) is 135 cm³/mol. The van der Waals surface area contributed by atoms with E-state index in [4.69, 9.17) is 5.10 Å². The van der Waals surface area contributed by atoms with E-state index in [2.05, 4.69) is 5.32 Å². The van der Waals surface area contributed by atoms with Crippen molar-refractivity contribution in [2.75, 3.05) is 0 Å². The second-order valence-corrected chi connectivity index (χ2v) is 9.43. The molecule has 1 aliphatic rings. The Balaban J connectivity index is 1.67. The smallest absolute Gasteiger partial charge is 0.254 e. The summed E-state index contributed by atoms with van der Waals surface area (Å²) in [6.07, 6.45) is 0.418. The van der Waals surface area contributed by atoms with Crippen LogP contribution in [0.15, 0.2) is 83.8 Å². The fourth-order valence-corrected chi connectivity index (χ4v) is 5.40. The summed E-state index contributed by atoms with van der Waals surface area (Å²) >= 11 is 1.61. The van der Waals surface area contributed by atoms with Crippen molar-refractivity contribution in [2.45, 2.75) is 29.5 Å². The summed E-state index contributed by atoms with van der Waals surface area (Å²) in [5, 5.41) is 17.8. The maximum absolute atomic E-state index is 13.4. The molecular formula is C28H22N4O2S. The van der Waals surface area contributed by atoms with Crippen molar-refractivity contribution in [3.63, 3.8) is 0 Å². The van der Waals surface area contributed by atoms with Crippen molar-refractivity contribution in [3.05, 3.63) is 101 Å². The van der Waals surface area contributed by atoms with E-state index in [1.807, 2.05) is 91.9 Å². The van der Waals surface area contributed by atoms with Crippen LogP contribution in [0.25, 0.3) is 16.9 Å². The van der Waals surface area contributed by atoms with Crippen molar-refractivity contribution >= 4 is 24.0 Å². The molecule has 35 heavy (non-hydrogen) atoms. The number of aromatic nitrogens is 2. The van der Waals surface area contributed by atoms with E-state index in [-0.39, 0.29) is 12.2 Å². The zero-order valence-corrected chi connectivity index (χ0v) is 19.9. The molecule has 1 N–H and O–H groups in total. The van der Waals surface area contributed by atoms with Gasteiger partial charge in [0, 0.05) is 28.3 Å². The highest BCUT2D eigenvalue weighted by molar-refractivity contribution is 7.98. The molecule has 0 fully saturated rings. The first-order valence-corrected chi connectivity index (χ1v) is 12.2. The second-order valence-electron chi connectivity index (χ2n) is 8.42. The van der Waals surface area contributed by atoms with Gasteiger partial charge in [-0.15, -0.1) is 11.8 Å². The standard InChI is InChI=1S/C28H22N4O2S/c1-19-8-7-11-21(14-19)32-25-22-12-5-6-13-24(22)35-16-23(25)26(31-32)28(17-29,18-33)27(34)30-15-20-9-3-2-4-10-20/h2-14,18H,15-16H2,1H3,(H,30,34). The number of fused-ring (bicyclic) bond motifs is 3. The molecule has 0 aliphatic carbocycles. The molecule has 5 rings (SSSR count). The Bertz CT molecular complexity index is 1470. The maximum Gasteiger partial charge on any atom is 0.254 e. The van der Waals surface area contributed by atoms with Crippen LogP contribution in [0.4, 0.5) is 0 Å². The van der Waals surface area contributed by atoms with Crippen LogP contribution in [0.5, 0.6) is 0 Å². The Morgan fingerprint density at radius 3 is 2.66 bits per heavy atom. The van der Waals surface area contributed by atoms with Crippen LogP contribution >= 0.6 is 11.8 Å². The van der Waals surface area contributed by atoms with Gasteiger partial charge in [-0.05, 0) is 36.2 Å². The quantitative estimate of drug-likeness (QED) is 0.320. The molecule has 2 heterocycles. The molecule has 0 radical (unpaired) electrons. The molecule has 4 aromatic rings. The normalized spacial score (nSPS) is 13.6. The van der Waals surface area contributed by atoms with E-state index in [0.717, 1.165) is 38.5 Å². The van der Waals surface area contributed by atoms with Gasteiger partial charge in [0.2, 0.25) is 5.41 Å². The zero-order valence-electron chi connectivity index (χ0n) is 19.1. The van der Waals surface area contributed by atoms with Crippen LogP contribution in [-0.4, -0.2) is 22.0 Å². The second kappa shape index (κ2) is 9.24. The molecule has 1 amide bonds. The Morgan fingerprint density at radius 2 is 1.91 bits per heavy atom. The van der Waals surface area contributed by atoms with E-state index >= 15 is 0 Å². The van der Waals surface area contributed by atoms with Crippen molar-refractivity contribution < 1.29 is 9.59 Å². The van der Waals surface area contributed by atoms with Crippen LogP contribution in [0, 0.1) is 18.3 Å². The highest BCUT2D eigenvalue weighted by Crippen LogP contribution is 2.45. The van der Waals surface area contributed by atoms with Gasteiger partial charge in [0.05, 0.1) is 17.5 Å². The number of nitrogens with one attached hydrogen (secondary N) is 1. The van der Waals surface area contributed by atoms with E-state index in [1.165, 1.54) is 0 Å². The molecular weight excluding hydrogens is 456 g/mol. The van der Waals surface area contributed by atoms with Crippen molar-refractivity contribution in [3.8, 4) is 23.0 Å². The van der Waals surface area contributed by atoms with E-state index in [9.17, 15) is 14.9 Å². The lowest BCUT2D eigenvalue weighted by molar-refractivity contribution is -0.129. The molecule has 1 aliphatic heterocycles. The fourth-order valence-electron chi connectivity index (χ4n) is 4.33. The molecule has 1 aromatic heterocycles. The molecule has 7 heteroatoms. The lowest BCUT2D eigenvalue weighted by Gasteiger charge is -2.21. The van der Waals surface area contributed by atoms with Crippen molar-refractivity contribution in [2.24, 2.45) is 0 Å². The number of thioether (sulfide) groups is 1. The third-order valence-corrected chi connectivity index (χ3v) is 7.22. The molecule has 3 aromatic carbocycles. The maximum atomic E-state index is 13.4. The number of carbonyl (C=O) groups excluding carboxylic acids is 2. The number of nitrogens with zero attached hydrogens (tertiary/aromatic N) is 3. The Kier molecular flexibility index (Phi) is 5.98. The number of carbonyl (C=O) groups is 2. The Labute approximate surface area is 207 Å². The topological polar surface area (TPSA) is 87.8 Å². The van der Waals surface area contributed by atoms with Crippen LogP contribution in [0.2, 0.25) is 0 Å². The number of benzene rings is 3. The first-order valence-electron chi connectivity index (χ1n) is 11.2. The largest absolute Gasteiger partial charge is 0.350 e. The molecule has 0 saturated heterocycles. The first-order chi connectivity index (χ1) is 17.1. The van der Waals surface area contributed by atoms with Gasteiger partial charge >= 0.3 is 0 Å². The highest BCUT2D eigenvalue weighted by atomic mass is 32.2. The molecule has 1 atom stereocenters. The molecule has 0 spiro atoms. The summed E-state index contributed by atoms with van der Waals surface area (Å²) in [6.45, 7) is 2.20. The molecule has 6 nitrogen and oxygen atoms in total. The first kappa shape index (κ1) is 22.6. The van der Waals surface area contributed by atoms with Crippen LogP contribution in [0.1, 0.15) is 22.4 Å². The third-order valence-electron chi connectivity index (χ3n) is 6.12. The molecule has 0 bridgehead atoms. The highest BCUT2D eigenvalue weighted by Gasteiger charge is 2.47. The summed E-state index contributed by atoms with van der Waals surface area (Å²) in [7, 11) is 0. The Hall–Kier alpha value is -4.15. The summed E-state index contributed by atoms with van der Waals surface area (Å²) in [6, 6.07) is 27.2. The van der Waals surface area contributed by atoms with Gasteiger partial charge in [0.25, 0.3) is 5.91 Å². The SMILES string of the molecule is Cc1cccc(-n2nc(C(C#N)(C=O)C(=O)NCc3ccccc3)c3c2-c2ccccc2SC3)c1. The lowest BCUT2D eigenvalue weighted by Crippen LogP contribution is -2.45. The van der Waals surface area contributed by atoms with Crippen molar-refractivity contribution in [1.82, 2.24) is 15.1 Å². The van der Waals surface area contributed by atoms with Crippen molar-refractivity contribution in [1.29, 1.82) is 5.26 Å². The monoisotopic (exact) mass is 478 g/mol. The van der Waals surface area contributed by atoms with Gasteiger partial charge in [-0.25, -0.2) is 4.68 Å². The summed E-state index contributed by atoms with van der Waals surface area (Å²) < 4.78 is 1.76. The van der Waals surface area contributed by atoms with E-state index in [0.29, 0.717) is 12.0 Å². The Morgan fingerprint density at radius 1 is 1.14 bits per heavy atom. The lowest BCUT2D eigenvalue weighted by atomic mass is 9.83. The number of hydrogen-bond acceptors (Lipinski definition) is 5. The molecule has 1 unspecified atom stereocenters. The number of rotatable bonds is 6. The van der Waals surface area contributed by atoms with Gasteiger partial charge < -0.3 is 10.1 Å². The number of amides is 1. The average molecular weight is 479 g/mol. The summed E-state index contributed by atoms with van der Waals surface area (Å²) in [5.41, 5.74) is 3.32. The molecule has 172 valence electrons. The minimum atomic E-state index is -2.07. The van der Waals surface area contributed by atoms with Gasteiger partial charge in [-0.2, -0.15) is 10.4 Å². The third kappa shape index (κ3) is 3.92. The van der Waals surface area contributed by atoms with Gasteiger partial charge in [0.15, 0.2) is 6.29 Å². The van der Waals surface area contributed by atoms with Gasteiger partial charge in [-0.3, -0.25) is 4.79 Å². The minimum Gasteiger partial charge on any atom is -0.350 e. The van der Waals surface area contributed by atoms with Crippen LogP contribution < -0.4 is 5.32 Å². The molecule has 0 saturated carbocycles. The van der Waals surface area contributed by atoms with E-state index < -0.39 is 11.3 Å². The number of aryl methyl sites for hydroxylation is 1. The van der Waals surface area contributed by atoms with Crippen LogP contribution in [0.3, 0.4) is 0 Å². The zero-order chi connectivity index (χ0) is 24.4. The average Bonchev–Trinajstić information content (AvgIpc) is 3.30. The number of hydrogen-bond donors (Lipinski definition) is 1. The fraction of sp³-hybridized carbons (Fsp3) is 0.143. The summed E-state index contributed by atoms with van der Waals surface area (Å²) in [4.78, 5) is 27.0. The van der Waals surface area contributed by atoms with Crippen LogP contribution in [-0.2, 0) is 27.3 Å². The predicted octanol–water partition coefficient (Wildman–Crippen LogP) is 4.73. The summed E-state index contributed by atoms with van der Waals surface area (Å²) in [5.74, 6) is -0.184.